The Balaban J connectivity index is 2.04. The molecule has 1 aliphatic heterocycles. The van der Waals surface area contributed by atoms with Gasteiger partial charge in [-0.1, -0.05) is 18.2 Å². The minimum atomic E-state index is 0.111. The van der Waals surface area contributed by atoms with Crippen LogP contribution in [0.5, 0.6) is 5.88 Å². The van der Waals surface area contributed by atoms with Crippen molar-refractivity contribution in [2.24, 2.45) is 0 Å². The number of benzene rings is 1. The molecule has 4 heteroatoms. The van der Waals surface area contributed by atoms with Crippen LogP contribution >= 0.6 is 11.3 Å². The quantitative estimate of drug-likeness (QED) is 0.799. The van der Waals surface area contributed by atoms with E-state index < -0.39 is 0 Å². The molecule has 1 aliphatic rings. The molecular weight excluding hydrogens is 208 g/mol. The zero-order valence-electron chi connectivity index (χ0n) is 8.05. The lowest BCUT2D eigenvalue weighted by Gasteiger charge is -2.14. The molecule has 0 atom stereocenters. The van der Waals surface area contributed by atoms with E-state index in [1.165, 1.54) is 22.6 Å². The molecule has 2 heterocycles. The Hall–Kier alpha value is -1.55. The van der Waals surface area contributed by atoms with Crippen molar-refractivity contribution in [1.82, 2.24) is 4.98 Å². The third-order valence-corrected chi connectivity index (χ3v) is 3.45. The summed E-state index contributed by atoms with van der Waals surface area (Å²) in [4.78, 5) is 6.24. The number of hydrogen-bond acceptors (Lipinski definition) is 4. The van der Waals surface area contributed by atoms with E-state index in [0.29, 0.717) is 0 Å². The first-order valence-electron chi connectivity index (χ1n) is 4.84. The molecule has 0 radical (unpaired) electrons. The van der Waals surface area contributed by atoms with Crippen molar-refractivity contribution >= 4 is 22.2 Å². The highest BCUT2D eigenvalue weighted by Gasteiger charge is 2.21. The van der Waals surface area contributed by atoms with Crippen LogP contribution in [0.15, 0.2) is 29.6 Å². The Kier molecular flexibility index (Phi) is 1.89. The summed E-state index contributed by atoms with van der Waals surface area (Å²) in [6.07, 6.45) is 1.05. The third kappa shape index (κ3) is 1.37. The van der Waals surface area contributed by atoms with Crippen LogP contribution in [0, 0.1) is 0 Å². The SMILES string of the molecule is Oc1csc(N2CCc3ccccc32)n1. The van der Waals surface area contributed by atoms with Gasteiger partial charge < -0.3 is 10.0 Å². The van der Waals surface area contributed by atoms with Crippen molar-refractivity contribution in [3.8, 4) is 5.88 Å². The molecule has 3 nitrogen and oxygen atoms in total. The number of aromatic hydroxyl groups is 1. The molecular formula is C11H10N2OS. The second-order valence-corrected chi connectivity index (χ2v) is 4.36. The summed E-state index contributed by atoms with van der Waals surface area (Å²) in [5, 5.41) is 11.8. The summed E-state index contributed by atoms with van der Waals surface area (Å²) in [6.45, 7) is 0.951. The highest BCUT2D eigenvalue weighted by molar-refractivity contribution is 7.14. The molecule has 1 aromatic carbocycles. The van der Waals surface area contributed by atoms with Crippen LogP contribution in [0.4, 0.5) is 10.8 Å². The molecule has 3 rings (SSSR count). The second-order valence-electron chi connectivity index (χ2n) is 3.52. The Morgan fingerprint density at radius 1 is 1.33 bits per heavy atom. The van der Waals surface area contributed by atoms with E-state index in [2.05, 4.69) is 28.1 Å². The second kappa shape index (κ2) is 3.24. The van der Waals surface area contributed by atoms with Crippen LogP contribution < -0.4 is 4.90 Å². The topological polar surface area (TPSA) is 36.4 Å². The average molecular weight is 218 g/mol. The minimum Gasteiger partial charge on any atom is -0.493 e. The number of rotatable bonds is 1. The van der Waals surface area contributed by atoms with Gasteiger partial charge in [0.2, 0.25) is 5.88 Å². The van der Waals surface area contributed by atoms with Gasteiger partial charge in [0, 0.05) is 12.2 Å². The van der Waals surface area contributed by atoms with E-state index in [1.807, 2.05) is 6.07 Å². The van der Waals surface area contributed by atoms with Crippen LogP contribution in [0.2, 0.25) is 0 Å². The summed E-state index contributed by atoms with van der Waals surface area (Å²) in [7, 11) is 0. The lowest BCUT2D eigenvalue weighted by Crippen LogP contribution is -2.12. The van der Waals surface area contributed by atoms with Gasteiger partial charge in [0.25, 0.3) is 0 Å². The standard InChI is InChI=1S/C11H10N2OS/c14-10-7-15-11(12-10)13-6-5-8-3-1-2-4-9(8)13/h1-4,7,14H,5-6H2. The van der Waals surface area contributed by atoms with E-state index in [4.69, 9.17) is 0 Å². The van der Waals surface area contributed by atoms with E-state index in [9.17, 15) is 5.11 Å². The Labute approximate surface area is 91.6 Å². The number of nitrogens with zero attached hydrogens (tertiary/aromatic N) is 2. The van der Waals surface area contributed by atoms with Gasteiger partial charge in [-0.15, -0.1) is 11.3 Å². The van der Waals surface area contributed by atoms with Crippen LogP contribution in [0.1, 0.15) is 5.56 Å². The molecule has 0 unspecified atom stereocenters. The smallest absolute Gasteiger partial charge is 0.223 e. The molecule has 2 aromatic rings. The monoisotopic (exact) mass is 218 g/mol. The number of anilines is 2. The summed E-state index contributed by atoms with van der Waals surface area (Å²) in [6, 6.07) is 8.33. The highest BCUT2D eigenvalue weighted by Crippen LogP contribution is 2.36. The highest BCUT2D eigenvalue weighted by atomic mass is 32.1. The molecule has 1 aromatic heterocycles. The number of fused-ring (bicyclic) bond motifs is 1. The lowest BCUT2D eigenvalue weighted by molar-refractivity contribution is 0.457. The molecule has 0 aliphatic carbocycles. The fourth-order valence-electron chi connectivity index (χ4n) is 1.92. The zero-order valence-corrected chi connectivity index (χ0v) is 8.87. The lowest BCUT2D eigenvalue weighted by atomic mass is 10.2. The predicted molar refractivity (Wildman–Crippen MR) is 60.9 cm³/mol. The molecule has 0 saturated carbocycles. The van der Waals surface area contributed by atoms with Gasteiger partial charge in [0.05, 0.1) is 5.38 Å². The summed E-state index contributed by atoms with van der Waals surface area (Å²) >= 11 is 1.48. The maximum Gasteiger partial charge on any atom is 0.223 e. The van der Waals surface area contributed by atoms with Gasteiger partial charge in [0.1, 0.15) is 0 Å². The maximum atomic E-state index is 9.23. The van der Waals surface area contributed by atoms with Gasteiger partial charge in [-0.3, -0.25) is 0 Å². The number of hydrogen-bond donors (Lipinski definition) is 1. The number of aromatic nitrogens is 1. The van der Waals surface area contributed by atoms with E-state index >= 15 is 0 Å². The van der Waals surface area contributed by atoms with E-state index in [0.717, 1.165) is 18.1 Å². The first-order chi connectivity index (χ1) is 7.34. The molecule has 1 N–H and O–H groups in total. The zero-order chi connectivity index (χ0) is 10.3. The largest absolute Gasteiger partial charge is 0.493 e. The van der Waals surface area contributed by atoms with Crippen molar-refractivity contribution in [3.05, 3.63) is 35.2 Å². The summed E-state index contributed by atoms with van der Waals surface area (Å²) < 4.78 is 0. The van der Waals surface area contributed by atoms with Gasteiger partial charge in [-0.05, 0) is 18.1 Å². The number of para-hydroxylation sites is 1. The maximum absolute atomic E-state index is 9.23. The van der Waals surface area contributed by atoms with Gasteiger partial charge in [-0.2, -0.15) is 4.98 Å². The summed E-state index contributed by atoms with van der Waals surface area (Å²) in [5.41, 5.74) is 2.57. The van der Waals surface area contributed by atoms with Crippen LogP contribution in [-0.2, 0) is 6.42 Å². The Morgan fingerprint density at radius 3 is 3.00 bits per heavy atom. The predicted octanol–water partition coefficient (Wildman–Crippen LogP) is 2.54. The first kappa shape index (κ1) is 8.73. The first-order valence-corrected chi connectivity index (χ1v) is 5.72. The molecule has 0 spiro atoms. The van der Waals surface area contributed by atoms with Crippen molar-refractivity contribution in [2.45, 2.75) is 6.42 Å². The van der Waals surface area contributed by atoms with Gasteiger partial charge in [-0.25, -0.2) is 0 Å². The van der Waals surface area contributed by atoms with Crippen molar-refractivity contribution < 1.29 is 5.11 Å². The van der Waals surface area contributed by atoms with Gasteiger partial charge >= 0.3 is 0 Å². The molecule has 0 bridgehead atoms. The molecule has 76 valence electrons. The summed E-state index contributed by atoms with van der Waals surface area (Å²) in [5.74, 6) is 0.111. The number of thiazole rings is 1. The van der Waals surface area contributed by atoms with Crippen molar-refractivity contribution in [2.75, 3.05) is 11.4 Å². The molecule has 0 amide bonds. The fourth-order valence-corrected chi connectivity index (χ4v) is 2.64. The average Bonchev–Trinajstić information content (AvgIpc) is 2.83. The van der Waals surface area contributed by atoms with Crippen molar-refractivity contribution in [3.63, 3.8) is 0 Å². The normalized spacial score (nSPS) is 14.3. The molecule has 0 saturated heterocycles. The van der Waals surface area contributed by atoms with Crippen molar-refractivity contribution in [1.29, 1.82) is 0 Å². The fraction of sp³-hybridized carbons (Fsp3) is 0.182. The van der Waals surface area contributed by atoms with Crippen LogP contribution in [0.25, 0.3) is 0 Å². The molecule has 15 heavy (non-hydrogen) atoms. The molecule has 0 fully saturated rings. The third-order valence-electron chi connectivity index (χ3n) is 2.60. The van der Waals surface area contributed by atoms with Crippen LogP contribution in [-0.4, -0.2) is 16.6 Å². The Morgan fingerprint density at radius 2 is 2.20 bits per heavy atom. The van der Waals surface area contributed by atoms with E-state index in [1.54, 1.807) is 5.38 Å². The van der Waals surface area contributed by atoms with Gasteiger partial charge in [0.15, 0.2) is 5.13 Å². The minimum absolute atomic E-state index is 0.111. The van der Waals surface area contributed by atoms with E-state index in [-0.39, 0.29) is 5.88 Å². The Bertz CT molecular complexity index is 495. The van der Waals surface area contributed by atoms with Crippen LogP contribution in [0.3, 0.4) is 0 Å².